The van der Waals surface area contributed by atoms with Crippen LogP contribution in [0.2, 0.25) is 0 Å². The van der Waals surface area contributed by atoms with Crippen LogP contribution < -0.4 is 15.2 Å². The van der Waals surface area contributed by atoms with E-state index in [9.17, 15) is 0 Å². The first-order valence-corrected chi connectivity index (χ1v) is 6.09. The van der Waals surface area contributed by atoms with Gasteiger partial charge in [0.25, 0.3) is 0 Å². The third-order valence-electron chi connectivity index (χ3n) is 2.63. The quantitative estimate of drug-likeness (QED) is 0.910. The van der Waals surface area contributed by atoms with Crippen molar-refractivity contribution in [2.75, 3.05) is 18.9 Å². The minimum atomic E-state index is 0.224. The lowest BCUT2D eigenvalue weighted by Crippen LogP contribution is -2.00. The smallest absolute Gasteiger partial charge is 0.163 e. The van der Waals surface area contributed by atoms with E-state index in [1.54, 1.807) is 12.1 Å². The molecule has 5 heteroatoms. The number of nitrogens with two attached hydrogens (primary N) is 1. The van der Waals surface area contributed by atoms with Gasteiger partial charge in [0.15, 0.2) is 11.5 Å². The molecule has 0 bridgehead atoms. The van der Waals surface area contributed by atoms with Gasteiger partial charge in [0.05, 0.1) is 24.3 Å². The highest BCUT2D eigenvalue weighted by Crippen LogP contribution is 2.33. The van der Waals surface area contributed by atoms with Crippen LogP contribution in [0.15, 0.2) is 18.2 Å². The lowest BCUT2D eigenvalue weighted by atomic mass is 10.1. The van der Waals surface area contributed by atoms with Gasteiger partial charge < -0.3 is 15.2 Å². The van der Waals surface area contributed by atoms with Gasteiger partial charge in [-0.1, -0.05) is 0 Å². The molecule has 0 spiro atoms. The van der Waals surface area contributed by atoms with Crippen LogP contribution in [0.4, 0.5) is 5.82 Å². The highest BCUT2D eigenvalue weighted by molar-refractivity contribution is 5.85. The molecule has 19 heavy (non-hydrogen) atoms. The van der Waals surface area contributed by atoms with Crippen LogP contribution in [0.1, 0.15) is 19.4 Å². The number of fused-ring (bicyclic) bond motifs is 1. The Kier molecular flexibility index (Phi) is 3.71. The van der Waals surface area contributed by atoms with Crippen LogP contribution in [-0.2, 0) is 0 Å². The summed E-state index contributed by atoms with van der Waals surface area (Å²) in [5.41, 5.74) is 6.76. The lowest BCUT2D eigenvalue weighted by Gasteiger charge is -2.12. The second-order valence-electron chi connectivity index (χ2n) is 3.89. The van der Waals surface area contributed by atoms with E-state index in [-0.39, 0.29) is 5.82 Å². The lowest BCUT2D eigenvalue weighted by molar-refractivity contribution is 0.288. The second kappa shape index (κ2) is 5.44. The van der Waals surface area contributed by atoms with Crippen molar-refractivity contribution < 1.29 is 9.47 Å². The van der Waals surface area contributed by atoms with E-state index in [2.05, 4.69) is 4.98 Å². The number of aromatic nitrogens is 1. The van der Waals surface area contributed by atoms with Crippen molar-refractivity contribution in [1.82, 2.24) is 4.98 Å². The van der Waals surface area contributed by atoms with Gasteiger partial charge in [0, 0.05) is 11.5 Å². The first-order valence-electron chi connectivity index (χ1n) is 6.09. The van der Waals surface area contributed by atoms with Crippen LogP contribution in [0.3, 0.4) is 0 Å². The molecule has 0 saturated heterocycles. The van der Waals surface area contributed by atoms with Crippen LogP contribution >= 0.6 is 0 Å². The van der Waals surface area contributed by atoms with Crippen LogP contribution in [0.5, 0.6) is 11.5 Å². The summed E-state index contributed by atoms with van der Waals surface area (Å²) in [6, 6.07) is 7.32. The topological polar surface area (TPSA) is 81.2 Å². The van der Waals surface area contributed by atoms with E-state index < -0.39 is 0 Å². The number of hydrogen-bond acceptors (Lipinski definition) is 5. The van der Waals surface area contributed by atoms with Gasteiger partial charge in [-0.15, -0.1) is 0 Å². The average Bonchev–Trinajstić information content (AvgIpc) is 2.40. The van der Waals surface area contributed by atoms with Gasteiger partial charge in [-0.2, -0.15) is 5.26 Å². The molecule has 0 amide bonds. The molecule has 0 aliphatic rings. The Labute approximate surface area is 111 Å². The fourth-order valence-electron chi connectivity index (χ4n) is 1.82. The molecule has 0 unspecified atom stereocenters. The predicted octanol–water partition coefficient (Wildman–Crippen LogP) is 2.49. The number of pyridine rings is 1. The molecule has 98 valence electrons. The second-order valence-corrected chi connectivity index (χ2v) is 3.89. The first-order chi connectivity index (χ1) is 9.19. The Morgan fingerprint density at radius 1 is 1.16 bits per heavy atom. The zero-order valence-corrected chi connectivity index (χ0v) is 10.9. The zero-order chi connectivity index (χ0) is 13.8. The fraction of sp³-hybridized carbons (Fsp3) is 0.286. The summed E-state index contributed by atoms with van der Waals surface area (Å²) >= 11 is 0. The zero-order valence-electron chi connectivity index (χ0n) is 10.9. The fourth-order valence-corrected chi connectivity index (χ4v) is 1.82. The normalized spacial score (nSPS) is 10.2. The molecule has 1 heterocycles. The van der Waals surface area contributed by atoms with E-state index in [1.165, 1.54) is 0 Å². The summed E-state index contributed by atoms with van der Waals surface area (Å²) in [6.45, 7) is 4.89. The highest BCUT2D eigenvalue weighted by Gasteiger charge is 2.10. The number of nitriles is 1. The molecule has 0 aliphatic heterocycles. The van der Waals surface area contributed by atoms with Crippen LogP contribution in [0, 0.1) is 11.3 Å². The molecule has 1 aromatic carbocycles. The Balaban J connectivity index is 2.63. The Bertz CT molecular complexity index is 647. The van der Waals surface area contributed by atoms with Crippen molar-refractivity contribution in [3.05, 3.63) is 23.8 Å². The molecule has 1 aromatic heterocycles. The van der Waals surface area contributed by atoms with Crippen molar-refractivity contribution in [1.29, 1.82) is 5.26 Å². The van der Waals surface area contributed by atoms with Gasteiger partial charge in [0.1, 0.15) is 11.9 Å². The van der Waals surface area contributed by atoms with E-state index in [4.69, 9.17) is 20.5 Å². The molecule has 2 N–H and O–H groups in total. The summed E-state index contributed by atoms with van der Waals surface area (Å²) in [4.78, 5) is 4.21. The van der Waals surface area contributed by atoms with Crippen molar-refractivity contribution in [3.8, 4) is 17.6 Å². The third-order valence-corrected chi connectivity index (χ3v) is 2.63. The number of ether oxygens (including phenoxy) is 2. The van der Waals surface area contributed by atoms with Crippen LogP contribution in [0.25, 0.3) is 10.9 Å². The van der Waals surface area contributed by atoms with Gasteiger partial charge in [-0.3, -0.25) is 0 Å². The number of anilines is 1. The first kappa shape index (κ1) is 13.0. The Morgan fingerprint density at radius 2 is 1.79 bits per heavy atom. The number of rotatable bonds is 4. The largest absolute Gasteiger partial charge is 0.490 e. The maximum atomic E-state index is 8.96. The predicted molar refractivity (Wildman–Crippen MR) is 73.2 cm³/mol. The summed E-state index contributed by atoms with van der Waals surface area (Å²) in [5, 5.41) is 9.77. The molecule has 0 aliphatic carbocycles. The number of nitrogen functional groups attached to an aromatic ring is 1. The van der Waals surface area contributed by atoms with E-state index in [0.717, 1.165) is 5.39 Å². The average molecular weight is 257 g/mol. The van der Waals surface area contributed by atoms with Crippen molar-refractivity contribution >= 4 is 16.7 Å². The standard InChI is InChI=1S/C14H15N3O2/c1-3-18-12-6-9-5-10(8-15)14(16)17-11(9)7-13(12)19-4-2/h5-7H,3-4H2,1-2H3,(H2,16,17). The summed E-state index contributed by atoms with van der Waals surface area (Å²) in [6.07, 6.45) is 0. The molecular weight excluding hydrogens is 242 g/mol. The van der Waals surface area contributed by atoms with Gasteiger partial charge in [-0.05, 0) is 26.0 Å². The minimum absolute atomic E-state index is 0.224. The summed E-state index contributed by atoms with van der Waals surface area (Å²) in [7, 11) is 0. The molecule has 2 rings (SSSR count). The molecule has 0 fully saturated rings. The molecule has 0 saturated carbocycles. The third kappa shape index (κ3) is 2.52. The summed E-state index contributed by atoms with van der Waals surface area (Å²) < 4.78 is 11.1. The van der Waals surface area contributed by atoms with E-state index in [0.29, 0.717) is 35.8 Å². The van der Waals surface area contributed by atoms with Crippen molar-refractivity contribution in [2.24, 2.45) is 0 Å². The van der Waals surface area contributed by atoms with Gasteiger partial charge >= 0.3 is 0 Å². The van der Waals surface area contributed by atoms with Crippen molar-refractivity contribution in [3.63, 3.8) is 0 Å². The van der Waals surface area contributed by atoms with Gasteiger partial charge in [0.2, 0.25) is 0 Å². The Hall–Kier alpha value is -2.48. The van der Waals surface area contributed by atoms with Crippen LogP contribution in [-0.4, -0.2) is 18.2 Å². The molecular formula is C14H15N3O2. The molecule has 5 nitrogen and oxygen atoms in total. The monoisotopic (exact) mass is 257 g/mol. The molecule has 0 atom stereocenters. The maximum Gasteiger partial charge on any atom is 0.163 e. The number of benzene rings is 1. The minimum Gasteiger partial charge on any atom is -0.490 e. The number of hydrogen-bond donors (Lipinski definition) is 1. The Morgan fingerprint density at radius 3 is 2.37 bits per heavy atom. The highest BCUT2D eigenvalue weighted by atomic mass is 16.5. The summed E-state index contributed by atoms with van der Waals surface area (Å²) in [5.74, 6) is 1.50. The molecule has 2 aromatic rings. The van der Waals surface area contributed by atoms with E-state index in [1.807, 2.05) is 26.0 Å². The van der Waals surface area contributed by atoms with Crippen molar-refractivity contribution in [2.45, 2.75) is 13.8 Å². The number of nitrogens with zero attached hydrogens (tertiary/aromatic N) is 2. The molecule has 0 radical (unpaired) electrons. The van der Waals surface area contributed by atoms with E-state index >= 15 is 0 Å². The van der Waals surface area contributed by atoms with Gasteiger partial charge in [-0.25, -0.2) is 4.98 Å². The maximum absolute atomic E-state index is 8.96. The SMILES string of the molecule is CCOc1cc2cc(C#N)c(N)nc2cc1OCC.